The van der Waals surface area contributed by atoms with Crippen LogP contribution in [-0.4, -0.2) is 59.8 Å². The van der Waals surface area contributed by atoms with Crippen molar-refractivity contribution in [2.75, 3.05) is 19.6 Å². The maximum Gasteiger partial charge on any atom is 0.277 e. The highest BCUT2D eigenvalue weighted by molar-refractivity contribution is 6.31. The Hall–Kier alpha value is -2.75. The lowest BCUT2D eigenvalue weighted by molar-refractivity contribution is 0.0690. The first-order chi connectivity index (χ1) is 16.0. The fourth-order valence-electron chi connectivity index (χ4n) is 4.90. The maximum atomic E-state index is 13.8. The number of aliphatic hydroxyl groups excluding tert-OH is 1. The lowest BCUT2D eigenvalue weighted by Gasteiger charge is -2.30. The molecule has 33 heavy (non-hydrogen) atoms. The molecule has 6 rings (SSSR count). The SMILES string of the molecule is CC1CC1c1nc(-c2ncn3c2c(=O)n(CCN2CCCC(O)C2)c2cc(Cl)ccc23)no1. The molecule has 2 fully saturated rings. The topological polar surface area (TPSA) is 102 Å². The summed E-state index contributed by atoms with van der Waals surface area (Å²) < 4.78 is 9.00. The van der Waals surface area contributed by atoms with Crippen LogP contribution in [0.15, 0.2) is 33.8 Å². The molecule has 1 saturated heterocycles. The largest absolute Gasteiger partial charge is 0.392 e. The smallest absolute Gasteiger partial charge is 0.277 e. The van der Waals surface area contributed by atoms with Crippen molar-refractivity contribution in [1.29, 1.82) is 0 Å². The lowest BCUT2D eigenvalue weighted by Crippen LogP contribution is -2.40. The molecule has 1 aliphatic heterocycles. The van der Waals surface area contributed by atoms with Crippen LogP contribution in [0.4, 0.5) is 0 Å². The van der Waals surface area contributed by atoms with Crippen molar-refractivity contribution in [2.45, 2.75) is 44.8 Å². The van der Waals surface area contributed by atoms with Gasteiger partial charge in [0.15, 0.2) is 0 Å². The number of hydrogen-bond donors (Lipinski definition) is 1. The van der Waals surface area contributed by atoms with Crippen LogP contribution in [0.1, 0.15) is 38.0 Å². The summed E-state index contributed by atoms with van der Waals surface area (Å²) >= 11 is 6.30. The second kappa shape index (κ2) is 7.93. The Morgan fingerprint density at radius 2 is 2.12 bits per heavy atom. The monoisotopic (exact) mass is 468 g/mol. The summed E-state index contributed by atoms with van der Waals surface area (Å²) in [6.45, 7) is 4.82. The van der Waals surface area contributed by atoms with Gasteiger partial charge >= 0.3 is 0 Å². The molecule has 172 valence electrons. The van der Waals surface area contributed by atoms with Crippen molar-refractivity contribution in [3.8, 4) is 11.5 Å². The normalized spacial score (nSPS) is 23.5. The first-order valence-electron chi connectivity index (χ1n) is 11.4. The van der Waals surface area contributed by atoms with E-state index in [4.69, 9.17) is 16.1 Å². The maximum absolute atomic E-state index is 13.8. The predicted molar refractivity (Wildman–Crippen MR) is 123 cm³/mol. The van der Waals surface area contributed by atoms with E-state index in [1.165, 1.54) is 0 Å². The zero-order valence-electron chi connectivity index (χ0n) is 18.3. The van der Waals surface area contributed by atoms with E-state index in [1.54, 1.807) is 21.4 Å². The molecule has 3 atom stereocenters. The number of aliphatic hydroxyl groups is 1. The first-order valence-corrected chi connectivity index (χ1v) is 11.8. The van der Waals surface area contributed by atoms with E-state index in [0.717, 1.165) is 36.8 Å². The van der Waals surface area contributed by atoms with E-state index in [0.29, 0.717) is 59.4 Å². The Morgan fingerprint density at radius 3 is 2.91 bits per heavy atom. The van der Waals surface area contributed by atoms with Crippen molar-refractivity contribution >= 4 is 28.2 Å². The molecule has 3 unspecified atom stereocenters. The summed E-state index contributed by atoms with van der Waals surface area (Å²) in [5.74, 6) is 1.77. The third kappa shape index (κ3) is 3.64. The molecule has 1 saturated carbocycles. The van der Waals surface area contributed by atoms with Crippen LogP contribution in [0.3, 0.4) is 0 Å². The van der Waals surface area contributed by atoms with Gasteiger partial charge in [-0.25, -0.2) is 4.98 Å². The Labute approximate surface area is 194 Å². The second-order valence-electron chi connectivity index (χ2n) is 9.27. The van der Waals surface area contributed by atoms with Gasteiger partial charge in [-0.2, -0.15) is 4.98 Å². The number of imidazole rings is 1. The Bertz CT molecular complexity index is 1410. The van der Waals surface area contributed by atoms with E-state index in [-0.39, 0.29) is 11.7 Å². The fourth-order valence-corrected chi connectivity index (χ4v) is 5.06. The first kappa shape index (κ1) is 20.8. The number of likely N-dealkylation sites (tertiary alicyclic amines) is 1. The second-order valence-corrected chi connectivity index (χ2v) is 9.71. The third-order valence-corrected chi connectivity index (χ3v) is 7.14. The minimum Gasteiger partial charge on any atom is -0.392 e. The van der Waals surface area contributed by atoms with E-state index in [9.17, 15) is 9.90 Å². The number of hydrogen-bond acceptors (Lipinski definition) is 7. The quantitative estimate of drug-likeness (QED) is 0.480. The summed E-state index contributed by atoms with van der Waals surface area (Å²) in [5.41, 5.74) is 2.22. The van der Waals surface area contributed by atoms with Crippen LogP contribution in [0, 0.1) is 5.92 Å². The number of piperidine rings is 1. The van der Waals surface area contributed by atoms with Gasteiger partial charge in [-0.1, -0.05) is 23.7 Å². The van der Waals surface area contributed by atoms with Gasteiger partial charge in [0.2, 0.25) is 11.7 Å². The molecule has 1 N–H and O–H groups in total. The molecule has 0 amide bonds. The molecule has 4 heterocycles. The number of fused-ring (bicyclic) bond motifs is 3. The molecule has 1 aromatic carbocycles. The van der Waals surface area contributed by atoms with Gasteiger partial charge in [0.25, 0.3) is 5.56 Å². The number of rotatable bonds is 5. The van der Waals surface area contributed by atoms with Crippen molar-refractivity contribution in [3.63, 3.8) is 0 Å². The molecule has 0 bridgehead atoms. The molecule has 10 heteroatoms. The Balaban J connectivity index is 1.46. The van der Waals surface area contributed by atoms with Gasteiger partial charge in [-0.15, -0.1) is 0 Å². The van der Waals surface area contributed by atoms with Crippen LogP contribution in [0.2, 0.25) is 5.02 Å². The molecule has 9 nitrogen and oxygen atoms in total. The minimum atomic E-state index is -0.313. The molecular formula is C23H25ClN6O3. The average molecular weight is 469 g/mol. The van der Waals surface area contributed by atoms with Gasteiger partial charge < -0.3 is 14.2 Å². The molecule has 0 radical (unpaired) electrons. The Morgan fingerprint density at radius 1 is 1.27 bits per heavy atom. The van der Waals surface area contributed by atoms with E-state index in [2.05, 4.69) is 26.9 Å². The standard InChI is InChI=1S/C23H25ClN6O3/c1-13-9-16(13)22-26-21(27-33-22)19-20-23(32)29(8-7-28-6-2-3-15(31)11-28)18-10-14(24)4-5-17(18)30(20)12-25-19/h4-5,10,12-13,15-16,31H,2-3,6-9,11H2,1H3. The molecule has 3 aromatic heterocycles. The summed E-state index contributed by atoms with van der Waals surface area (Å²) in [6, 6.07) is 5.51. The van der Waals surface area contributed by atoms with Crippen LogP contribution >= 0.6 is 11.6 Å². The van der Waals surface area contributed by atoms with Crippen LogP contribution in [0.5, 0.6) is 0 Å². The molecule has 1 aliphatic carbocycles. The number of benzene rings is 1. The summed E-state index contributed by atoms with van der Waals surface area (Å²) in [4.78, 5) is 25.0. The number of aromatic nitrogens is 5. The summed E-state index contributed by atoms with van der Waals surface area (Å²) in [6.07, 6.45) is 4.13. The van der Waals surface area contributed by atoms with Crippen molar-refractivity contribution in [3.05, 3.63) is 45.8 Å². The summed E-state index contributed by atoms with van der Waals surface area (Å²) in [5, 5.41) is 14.7. The third-order valence-electron chi connectivity index (χ3n) is 6.90. The van der Waals surface area contributed by atoms with Gasteiger partial charge in [-0.3, -0.25) is 14.1 Å². The molecule has 2 aliphatic rings. The van der Waals surface area contributed by atoms with Crippen LogP contribution in [-0.2, 0) is 6.54 Å². The highest BCUT2D eigenvalue weighted by Gasteiger charge is 2.39. The highest BCUT2D eigenvalue weighted by Crippen LogP contribution is 2.46. The van der Waals surface area contributed by atoms with E-state index in [1.807, 2.05) is 12.1 Å². The van der Waals surface area contributed by atoms with E-state index >= 15 is 0 Å². The molecule has 4 aromatic rings. The van der Waals surface area contributed by atoms with Gasteiger partial charge in [0.05, 0.1) is 17.1 Å². The zero-order chi connectivity index (χ0) is 22.7. The van der Waals surface area contributed by atoms with Crippen molar-refractivity contribution in [1.82, 2.24) is 29.0 Å². The number of halogens is 1. The molecular weight excluding hydrogens is 444 g/mol. The summed E-state index contributed by atoms with van der Waals surface area (Å²) in [7, 11) is 0. The zero-order valence-corrected chi connectivity index (χ0v) is 19.1. The molecule has 0 spiro atoms. The highest BCUT2D eigenvalue weighted by atomic mass is 35.5. The van der Waals surface area contributed by atoms with Gasteiger partial charge in [0.1, 0.15) is 17.5 Å². The van der Waals surface area contributed by atoms with Crippen molar-refractivity contribution in [2.24, 2.45) is 5.92 Å². The minimum absolute atomic E-state index is 0.180. The van der Waals surface area contributed by atoms with E-state index < -0.39 is 0 Å². The van der Waals surface area contributed by atoms with Crippen LogP contribution < -0.4 is 5.56 Å². The van der Waals surface area contributed by atoms with Crippen LogP contribution in [0.25, 0.3) is 28.1 Å². The lowest BCUT2D eigenvalue weighted by atomic mass is 10.1. The number of nitrogens with zero attached hydrogens (tertiary/aromatic N) is 6. The Kier molecular flexibility index (Phi) is 5.01. The number of β-amino-alcohol motifs (C(OH)–C–C–N with tert-alkyl or cyclic N) is 1. The van der Waals surface area contributed by atoms with Gasteiger partial charge in [0, 0.05) is 30.6 Å². The predicted octanol–water partition coefficient (Wildman–Crippen LogP) is 2.93. The van der Waals surface area contributed by atoms with Gasteiger partial charge in [-0.05, 0) is 49.9 Å². The van der Waals surface area contributed by atoms with Crippen molar-refractivity contribution < 1.29 is 9.63 Å². The fraction of sp³-hybridized carbons (Fsp3) is 0.478. The average Bonchev–Trinajstić information content (AvgIpc) is 3.17.